The molecule has 1 aliphatic carbocycles. The SMILES string of the molecule is CCNC(=NCc1nnc2n1CCCCC2)NC1CC1.I. The molecule has 1 aromatic rings. The predicted octanol–water partition coefficient (Wildman–Crippen LogP) is 1.84. The average Bonchev–Trinajstić information content (AvgIpc) is 3.22. The first-order valence-corrected chi connectivity index (χ1v) is 7.82. The van der Waals surface area contributed by atoms with Gasteiger partial charge in [-0.3, -0.25) is 0 Å². The molecule has 1 saturated carbocycles. The summed E-state index contributed by atoms with van der Waals surface area (Å²) in [6.07, 6.45) is 7.31. The lowest BCUT2D eigenvalue weighted by Gasteiger charge is -2.10. The molecule has 1 fully saturated rings. The predicted molar refractivity (Wildman–Crippen MR) is 94.0 cm³/mol. The minimum Gasteiger partial charge on any atom is -0.357 e. The van der Waals surface area contributed by atoms with Crippen LogP contribution < -0.4 is 10.6 Å². The van der Waals surface area contributed by atoms with Crippen molar-refractivity contribution >= 4 is 29.9 Å². The monoisotopic (exact) mass is 404 g/mol. The Bertz CT molecular complexity index is 480. The van der Waals surface area contributed by atoms with Crippen molar-refractivity contribution in [3.05, 3.63) is 11.6 Å². The van der Waals surface area contributed by atoms with Crippen LogP contribution in [0, 0.1) is 0 Å². The molecular formula is C14H25IN6. The molecule has 1 aliphatic heterocycles. The van der Waals surface area contributed by atoms with Crippen LogP contribution in [0.5, 0.6) is 0 Å². The van der Waals surface area contributed by atoms with Gasteiger partial charge < -0.3 is 15.2 Å². The van der Waals surface area contributed by atoms with Gasteiger partial charge in [-0.2, -0.15) is 0 Å². The van der Waals surface area contributed by atoms with E-state index in [1.165, 1.54) is 32.1 Å². The van der Waals surface area contributed by atoms with Gasteiger partial charge in [-0.1, -0.05) is 6.42 Å². The van der Waals surface area contributed by atoms with Gasteiger partial charge in [0, 0.05) is 25.6 Å². The third kappa shape index (κ3) is 4.55. The standard InChI is InChI=1S/C14H24N6.HI/c1-2-15-14(17-11-7-8-11)16-10-13-19-18-12-6-4-3-5-9-20(12)13;/h11H,2-10H2,1H3,(H2,15,16,17);1H. The largest absolute Gasteiger partial charge is 0.357 e. The van der Waals surface area contributed by atoms with Gasteiger partial charge in [-0.25, -0.2) is 4.99 Å². The molecule has 118 valence electrons. The average molecular weight is 404 g/mol. The summed E-state index contributed by atoms with van der Waals surface area (Å²) in [5.74, 6) is 3.03. The van der Waals surface area contributed by atoms with Crippen molar-refractivity contribution in [1.82, 2.24) is 25.4 Å². The van der Waals surface area contributed by atoms with Crippen LogP contribution in [-0.2, 0) is 19.5 Å². The second-order valence-corrected chi connectivity index (χ2v) is 5.61. The molecule has 0 saturated heterocycles. The number of halogens is 1. The summed E-state index contributed by atoms with van der Waals surface area (Å²) >= 11 is 0. The smallest absolute Gasteiger partial charge is 0.191 e. The molecule has 7 heteroatoms. The van der Waals surface area contributed by atoms with E-state index in [-0.39, 0.29) is 24.0 Å². The summed E-state index contributed by atoms with van der Waals surface area (Å²) in [6.45, 7) is 4.62. The third-order valence-corrected chi connectivity index (χ3v) is 3.83. The Hall–Kier alpha value is -0.860. The first kappa shape index (κ1) is 16.5. The number of nitrogens with zero attached hydrogens (tertiary/aromatic N) is 4. The zero-order chi connectivity index (χ0) is 13.8. The highest BCUT2D eigenvalue weighted by Crippen LogP contribution is 2.18. The number of hydrogen-bond donors (Lipinski definition) is 2. The van der Waals surface area contributed by atoms with E-state index in [2.05, 4.69) is 37.3 Å². The molecule has 2 heterocycles. The zero-order valence-electron chi connectivity index (χ0n) is 12.6. The Morgan fingerprint density at radius 1 is 1.29 bits per heavy atom. The number of hydrogen-bond acceptors (Lipinski definition) is 3. The van der Waals surface area contributed by atoms with E-state index < -0.39 is 0 Å². The zero-order valence-corrected chi connectivity index (χ0v) is 15.0. The van der Waals surface area contributed by atoms with E-state index in [1.54, 1.807) is 0 Å². The summed E-state index contributed by atoms with van der Waals surface area (Å²) in [5.41, 5.74) is 0. The van der Waals surface area contributed by atoms with Crippen molar-refractivity contribution in [2.75, 3.05) is 6.54 Å². The van der Waals surface area contributed by atoms with Gasteiger partial charge in [-0.05, 0) is 32.6 Å². The molecule has 0 aromatic carbocycles. The molecule has 2 aliphatic rings. The van der Waals surface area contributed by atoms with Gasteiger partial charge >= 0.3 is 0 Å². The first-order chi connectivity index (χ1) is 9.86. The van der Waals surface area contributed by atoms with E-state index in [9.17, 15) is 0 Å². The van der Waals surface area contributed by atoms with Crippen molar-refractivity contribution in [2.24, 2.45) is 4.99 Å². The fourth-order valence-corrected chi connectivity index (χ4v) is 2.55. The van der Waals surface area contributed by atoms with Crippen LogP contribution in [-0.4, -0.2) is 33.3 Å². The third-order valence-electron chi connectivity index (χ3n) is 3.83. The van der Waals surface area contributed by atoms with Crippen LogP contribution in [0.3, 0.4) is 0 Å². The fourth-order valence-electron chi connectivity index (χ4n) is 2.55. The van der Waals surface area contributed by atoms with E-state index in [1.807, 2.05) is 0 Å². The molecule has 0 bridgehead atoms. The Balaban J connectivity index is 0.00000161. The van der Waals surface area contributed by atoms with Gasteiger partial charge in [0.2, 0.25) is 0 Å². The molecule has 3 rings (SSSR count). The molecular weight excluding hydrogens is 379 g/mol. The van der Waals surface area contributed by atoms with Gasteiger partial charge in [0.25, 0.3) is 0 Å². The molecule has 0 spiro atoms. The van der Waals surface area contributed by atoms with Crippen LogP contribution in [0.25, 0.3) is 0 Å². The van der Waals surface area contributed by atoms with Gasteiger partial charge in [0.05, 0.1) is 0 Å². The Morgan fingerprint density at radius 2 is 2.14 bits per heavy atom. The number of aryl methyl sites for hydroxylation is 1. The van der Waals surface area contributed by atoms with E-state index in [4.69, 9.17) is 0 Å². The van der Waals surface area contributed by atoms with Crippen molar-refractivity contribution < 1.29 is 0 Å². The highest BCUT2D eigenvalue weighted by Gasteiger charge is 2.22. The molecule has 1 aromatic heterocycles. The van der Waals surface area contributed by atoms with Gasteiger partial charge in [0.15, 0.2) is 11.8 Å². The second kappa shape index (κ2) is 7.95. The molecule has 0 atom stereocenters. The number of rotatable bonds is 4. The lowest BCUT2D eigenvalue weighted by molar-refractivity contribution is 0.605. The van der Waals surface area contributed by atoms with E-state index in [0.717, 1.165) is 37.1 Å². The number of aliphatic imine (C=N–C) groups is 1. The maximum Gasteiger partial charge on any atom is 0.191 e. The van der Waals surface area contributed by atoms with Crippen LogP contribution in [0.15, 0.2) is 4.99 Å². The highest BCUT2D eigenvalue weighted by molar-refractivity contribution is 14.0. The second-order valence-electron chi connectivity index (χ2n) is 5.61. The maximum absolute atomic E-state index is 4.65. The summed E-state index contributed by atoms with van der Waals surface area (Å²) < 4.78 is 2.26. The van der Waals surface area contributed by atoms with Gasteiger partial charge in [0.1, 0.15) is 12.4 Å². The Labute approximate surface area is 143 Å². The van der Waals surface area contributed by atoms with Crippen molar-refractivity contribution in [3.8, 4) is 0 Å². The summed E-state index contributed by atoms with van der Waals surface area (Å²) in [4.78, 5) is 4.65. The van der Waals surface area contributed by atoms with Crippen molar-refractivity contribution in [2.45, 2.75) is 64.6 Å². The topological polar surface area (TPSA) is 67.1 Å². The highest BCUT2D eigenvalue weighted by atomic mass is 127. The van der Waals surface area contributed by atoms with Crippen LogP contribution in [0.4, 0.5) is 0 Å². The Kier molecular flexibility index (Phi) is 6.25. The fraction of sp³-hybridized carbons (Fsp3) is 0.786. The normalized spacial score (nSPS) is 18.4. The first-order valence-electron chi connectivity index (χ1n) is 7.82. The quantitative estimate of drug-likeness (QED) is 0.457. The molecule has 2 N–H and O–H groups in total. The molecule has 0 unspecified atom stereocenters. The molecule has 21 heavy (non-hydrogen) atoms. The van der Waals surface area contributed by atoms with Gasteiger partial charge in [-0.15, -0.1) is 34.2 Å². The van der Waals surface area contributed by atoms with Crippen LogP contribution >= 0.6 is 24.0 Å². The molecule has 0 amide bonds. The minimum atomic E-state index is 0. The Morgan fingerprint density at radius 3 is 2.90 bits per heavy atom. The number of aromatic nitrogens is 3. The van der Waals surface area contributed by atoms with Crippen LogP contribution in [0.1, 0.15) is 50.7 Å². The minimum absolute atomic E-state index is 0. The maximum atomic E-state index is 4.65. The number of nitrogens with one attached hydrogen (secondary N) is 2. The molecule has 0 radical (unpaired) electrons. The summed E-state index contributed by atoms with van der Waals surface area (Å²) in [5, 5.41) is 15.4. The number of fused-ring (bicyclic) bond motifs is 1. The van der Waals surface area contributed by atoms with Crippen molar-refractivity contribution in [3.63, 3.8) is 0 Å². The van der Waals surface area contributed by atoms with Crippen LogP contribution in [0.2, 0.25) is 0 Å². The summed E-state index contributed by atoms with van der Waals surface area (Å²) in [6, 6.07) is 0.614. The lowest BCUT2D eigenvalue weighted by atomic mass is 10.2. The number of guanidine groups is 1. The lowest BCUT2D eigenvalue weighted by Crippen LogP contribution is -2.38. The van der Waals surface area contributed by atoms with E-state index >= 15 is 0 Å². The van der Waals surface area contributed by atoms with Crippen molar-refractivity contribution in [1.29, 1.82) is 0 Å². The molecule has 6 nitrogen and oxygen atoms in total. The summed E-state index contributed by atoms with van der Waals surface area (Å²) in [7, 11) is 0. The van der Waals surface area contributed by atoms with E-state index in [0.29, 0.717) is 12.6 Å².